The molecule has 0 aromatic carbocycles. The Kier molecular flexibility index (Phi) is 8.05. The van der Waals surface area contributed by atoms with Crippen molar-refractivity contribution in [3.8, 4) is 0 Å². The lowest BCUT2D eigenvalue weighted by Gasteiger charge is -2.67. The van der Waals surface area contributed by atoms with Crippen LogP contribution in [0.5, 0.6) is 0 Å². The van der Waals surface area contributed by atoms with Gasteiger partial charge in [-0.25, -0.2) is 0 Å². The van der Waals surface area contributed by atoms with Gasteiger partial charge in [-0.05, 0) is 116 Å². The number of carbonyl (C=O) groups excluding carboxylic acids is 1. The summed E-state index contributed by atoms with van der Waals surface area (Å²) in [6.07, 6.45) is 14.5. The predicted molar refractivity (Wildman–Crippen MR) is 151 cm³/mol. The van der Waals surface area contributed by atoms with Crippen LogP contribution in [0.15, 0.2) is 11.6 Å². The quantitative estimate of drug-likeness (QED) is 0.145. The lowest BCUT2D eigenvalue weighted by atomic mass is 9.35. The van der Waals surface area contributed by atoms with Gasteiger partial charge < -0.3 is 4.74 Å². The van der Waals surface area contributed by atoms with Gasteiger partial charge in [-0.1, -0.05) is 69.1 Å². The molecule has 0 aromatic heterocycles. The summed E-state index contributed by atoms with van der Waals surface area (Å²) in [6.45, 7) is 16.2. The van der Waals surface area contributed by atoms with Crippen LogP contribution < -0.4 is 0 Å². The highest BCUT2D eigenvalue weighted by molar-refractivity contribution is 9.09. The number of alkyl halides is 1. The highest BCUT2D eigenvalue weighted by atomic mass is 79.9. The Morgan fingerprint density at radius 3 is 2.46 bits per heavy atom. The van der Waals surface area contributed by atoms with Crippen LogP contribution in [0, 0.1) is 46.3 Å². The summed E-state index contributed by atoms with van der Waals surface area (Å²) in [5, 5.41) is -0.302. The van der Waals surface area contributed by atoms with Crippen LogP contribution in [0.25, 0.3) is 0 Å². The first-order valence-electron chi connectivity index (χ1n) is 14.7. The normalized spacial score (nSPS) is 46.5. The molecule has 35 heavy (non-hydrogen) atoms. The van der Waals surface area contributed by atoms with E-state index in [9.17, 15) is 4.79 Å². The fourth-order valence-corrected chi connectivity index (χ4v) is 11.0. The Labute approximate surface area is 225 Å². The van der Waals surface area contributed by atoms with E-state index < -0.39 is 0 Å². The number of hydrogen-bond donors (Lipinski definition) is 0. The molecule has 0 N–H and O–H groups in total. The first-order chi connectivity index (χ1) is 16.4. The lowest BCUT2D eigenvalue weighted by molar-refractivity contribution is -0.157. The van der Waals surface area contributed by atoms with Crippen LogP contribution in [0.3, 0.4) is 0 Å². The molecule has 4 rings (SSSR count). The van der Waals surface area contributed by atoms with E-state index in [0.717, 1.165) is 42.9 Å². The summed E-state index contributed by atoms with van der Waals surface area (Å²) in [7, 11) is 7.32. The molecule has 0 saturated heterocycles. The average molecular weight is 545 g/mol. The molecular weight excluding hydrogens is 495 g/mol. The fraction of sp³-hybridized carbons (Fsp3) is 0.903. The number of hydrogen-bond acceptors (Lipinski definition) is 2. The molecule has 4 saturated carbocycles. The van der Waals surface area contributed by atoms with Gasteiger partial charge in [0.15, 0.2) is 0 Å². The highest BCUT2D eigenvalue weighted by Gasteiger charge is 2.65. The van der Waals surface area contributed by atoms with E-state index in [-0.39, 0.29) is 22.8 Å². The van der Waals surface area contributed by atoms with Crippen LogP contribution in [-0.4, -0.2) is 24.7 Å². The first-order valence-corrected chi connectivity index (χ1v) is 15.6. The Hall–Kier alpha value is -0.245. The zero-order valence-electron chi connectivity index (χ0n) is 23.5. The topological polar surface area (TPSA) is 26.3 Å². The van der Waals surface area contributed by atoms with Crippen LogP contribution in [-0.2, 0) is 9.53 Å². The zero-order valence-corrected chi connectivity index (χ0v) is 25.1. The van der Waals surface area contributed by atoms with Crippen molar-refractivity contribution >= 4 is 29.7 Å². The SMILES string of the molecule is [B]C12CC(OC(C)=O)CCC1(C)C1CCC3(C)C(C(C)CC=C(CC)C(C)C)CCC3C1CC2Br. The molecule has 2 radical (unpaired) electrons. The Balaban J connectivity index is 1.53. The molecular formula is C31H50BBrO2. The average Bonchev–Trinajstić information content (AvgIpc) is 3.13. The molecule has 0 aromatic rings. The van der Waals surface area contributed by atoms with E-state index in [0.29, 0.717) is 22.1 Å². The maximum atomic E-state index is 11.7. The lowest BCUT2D eigenvalue weighted by Crippen LogP contribution is -2.60. The van der Waals surface area contributed by atoms with Gasteiger partial charge in [0.05, 0.1) is 7.85 Å². The maximum absolute atomic E-state index is 11.7. The minimum Gasteiger partial charge on any atom is -0.463 e. The van der Waals surface area contributed by atoms with E-state index in [1.54, 1.807) is 5.57 Å². The number of ether oxygens (including phenoxy) is 1. The maximum Gasteiger partial charge on any atom is 0.302 e. The molecule has 10 unspecified atom stereocenters. The van der Waals surface area contributed by atoms with Crippen LogP contribution in [0.1, 0.15) is 113 Å². The standard InChI is InChI=1S/C31H50BBrO2/c1-8-22(19(2)3)10-9-20(4)25-11-12-26-24-17-28(33)31(32)18-23(35-21(5)34)13-16-30(31,7)27(24)14-15-29(25,26)6/h10,19-20,23-28H,8-9,11-18H2,1-7H3. The second kappa shape index (κ2) is 10.1. The van der Waals surface area contributed by atoms with Gasteiger partial charge in [0.1, 0.15) is 6.10 Å². The van der Waals surface area contributed by atoms with E-state index in [1.807, 2.05) is 0 Å². The monoisotopic (exact) mass is 544 g/mol. The van der Waals surface area contributed by atoms with Crippen molar-refractivity contribution in [1.82, 2.24) is 0 Å². The van der Waals surface area contributed by atoms with Crippen LogP contribution >= 0.6 is 15.9 Å². The molecule has 196 valence electrons. The number of carbonyl (C=O) groups is 1. The third-order valence-corrected chi connectivity index (χ3v) is 13.1. The first kappa shape index (κ1) is 27.8. The van der Waals surface area contributed by atoms with Crippen molar-refractivity contribution < 1.29 is 9.53 Å². The molecule has 4 heteroatoms. The van der Waals surface area contributed by atoms with Gasteiger partial charge in [0.2, 0.25) is 0 Å². The molecule has 4 aliphatic carbocycles. The van der Waals surface area contributed by atoms with Crippen molar-refractivity contribution in [2.24, 2.45) is 46.3 Å². The molecule has 0 amide bonds. The Bertz CT molecular complexity index is 825. The van der Waals surface area contributed by atoms with Crippen molar-refractivity contribution in [2.45, 2.75) is 129 Å². The van der Waals surface area contributed by atoms with Gasteiger partial charge >= 0.3 is 5.97 Å². The van der Waals surface area contributed by atoms with Gasteiger partial charge in [-0.2, -0.15) is 0 Å². The summed E-state index contributed by atoms with van der Waals surface area (Å²) in [6, 6.07) is 0. The molecule has 4 aliphatic rings. The molecule has 4 fully saturated rings. The highest BCUT2D eigenvalue weighted by Crippen LogP contribution is 2.74. The number of halogens is 1. The summed E-state index contributed by atoms with van der Waals surface area (Å²) in [5.74, 6) is 4.37. The number of rotatable bonds is 6. The third kappa shape index (κ3) is 4.63. The summed E-state index contributed by atoms with van der Waals surface area (Å²) in [4.78, 5) is 12.0. The van der Waals surface area contributed by atoms with E-state index in [1.165, 1.54) is 51.9 Å². The van der Waals surface area contributed by atoms with Crippen molar-refractivity contribution in [2.75, 3.05) is 0 Å². The van der Waals surface area contributed by atoms with Crippen molar-refractivity contribution in [3.05, 3.63) is 11.6 Å². The Morgan fingerprint density at radius 2 is 1.83 bits per heavy atom. The second-order valence-electron chi connectivity index (χ2n) is 13.7. The molecule has 10 atom stereocenters. The van der Waals surface area contributed by atoms with Gasteiger partial charge in [-0.3, -0.25) is 4.79 Å². The van der Waals surface area contributed by atoms with Gasteiger partial charge in [0, 0.05) is 11.8 Å². The van der Waals surface area contributed by atoms with E-state index in [4.69, 9.17) is 12.6 Å². The third-order valence-electron chi connectivity index (χ3n) is 11.9. The van der Waals surface area contributed by atoms with Crippen molar-refractivity contribution in [1.29, 1.82) is 0 Å². The summed E-state index contributed by atoms with van der Waals surface area (Å²) < 4.78 is 5.68. The van der Waals surface area contributed by atoms with E-state index in [2.05, 4.69) is 63.5 Å². The number of esters is 1. The predicted octanol–water partition coefficient (Wildman–Crippen LogP) is 8.68. The molecule has 0 heterocycles. The smallest absolute Gasteiger partial charge is 0.302 e. The van der Waals surface area contributed by atoms with Crippen LogP contribution in [0.4, 0.5) is 0 Å². The van der Waals surface area contributed by atoms with Crippen LogP contribution in [0.2, 0.25) is 5.31 Å². The number of allylic oxidation sites excluding steroid dienone is 2. The molecule has 2 nitrogen and oxygen atoms in total. The largest absolute Gasteiger partial charge is 0.463 e. The zero-order chi connectivity index (χ0) is 25.8. The van der Waals surface area contributed by atoms with Gasteiger partial charge in [-0.15, -0.1) is 0 Å². The molecule has 0 spiro atoms. The summed E-state index contributed by atoms with van der Waals surface area (Å²) >= 11 is 4.12. The molecule has 0 bridgehead atoms. The molecule has 0 aliphatic heterocycles. The van der Waals surface area contributed by atoms with Crippen molar-refractivity contribution in [3.63, 3.8) is 0 Å². The second-order valence-corrected chi connectivity index (χ2v) is 14.8. The van der Waals surface area contributed by atoms with E-state index >= 15 is 0 Å². The number of fused-ring (bicyclic) bond motifs is 5. The Morgan fingerprint density at radius 1 is 1.11 bits per heavy atom. The summed E-state index contributed by atoms with van der Waals surface area (Å²) in [5.41, 5.74) is 2.21. The van der Waals surface area contributed by atoms with Gasteiger partial charge in [0.25, 0.3) is 0 Å². The minimum absolute atomic E-state index is 0.0281. The minimum atomic E-state index is -0.302. The fourth-order valence-electron chi connectivity index (χ4n) is 9.88.